The monoisotopic (exact) mass is 952 g/mol. The summed E-state index contributed by atoms with van der Waals surface area (Å²) in [5.74, 6) is 3.41. The van der Waals surface area contributed by atoms with E-state index in [2.05, 4.69) is 89.3 Å². The molecule has 0 N–H and O–H groups in total. The van der Waals surface area contributed by atoms with Crippen LogP contribution >= 0.6 is 0 Å². The molecule has 0 bridgehead atoms. The van der Waals surface area contributed by atoms with E-state index in [0.29, 0.717) is 47.1 Å². The van der Waals surface area contributed by atoms with Crippen LogP contribution in [0.2, 0.25) is 0 Å². The zero-order valence-corrected chi connectivity index (χ0v) is 40.2. The molecule has 12 aromatic rings. The molecule has 0 aliphatic rings. The number of hydrogen-bond donors (Lipinski definition) is 0. The van der Waals surface area contributed by atoms with Crippen LogP contribution in [0.15, 0.2) is 212 Å². The van der Waals surface area contributed by atoms with Crippen molar-refractivity contribution in [1.29, 1.82) is 0 Å². The smallest absolute Gasteiger partial charge is 0.248 e. The highest BCUT2D eigenvalue weighted by Gasteiger charge is 2.39. The summed E-state index contributed by atoms with van der Waals surface area (Å²) in [5, 5.41) is 35.5. The van der Waals surface area contributed by atoms with Crippen LogP contribution in [0.3, 0.4) is 0 Å². The molecule has 352 valence electrons. The summed E-state index contributed by atoms with van der Waals surface area (Å²) in [4.78, 5) is 0. The number of aromatic nitrogens is 8. The van der Waals surface area contributed by atoms with Crippen LogP contribution in [0.5, 0.6) is 0 Å². The van der Waals surface area contributed by atoms with E-state index in [1.165, 1.54) is 0 Å². The topological polar surface area (TPSA) is 156 Å². The Morgan fingerprint density at radius 1 is 0.205 bits per heavy atom. The first-order chi connectivity index (χ1) is 35.7. The lowest BCUT2D eigenvalue weighted by atomic mass is 9.65. The van der Waals surface area contributed by atoms with Gasteiger partial charge in [0.05, 0.1) is 5.41 Å². The Hall–Kier alpha value is -9.68. The maximum absolute atomic E-state index is 6.26. The van der Waals surface area contributed by atoms with E-state index in [0.717, 1.165) is 89.0 Å². The second-order valence-electron chi connectivity index (χ2n) is 18.2. The predicted octanol–water partition coefficient (Wildman–Crippen LogP) is 14.2. The van der Waals surface area contributed by atoms with Gasteiger partial charge >= 0.3 is 0 Å². The summed E-state index contributed by atoms with van der Waals surface area (Å²) in [7, 11) is 0. The van der Waals surface area contributed by atoms with Crippen molar-refractivity contribution in [2.45, 2.75) is 33.1 Å². The summed E-state index contributed by atoms with van der Waals surface area (Å²) >= 11 is 0. The standard InChI is InChI=1S/C61H44N8O4/c1-37-5-13-41(14-6-37)53-62-66-57(70-53)45-21-29-49(30-22-45)61(50-31-23-46(24-32-50)58-67-63-54(71-58)42-15-7-38(2)8-16-42,51-33-25-47(26-34-51)59-68-64-55(72-59)43-17-9-39(3)10-18-43)52-35-27-48(28-36-52)60-69-65-56(73-60)44-19-11-40(4)12-20-44/h5-36H,1-4H3. The Morgan fingerprint density at radius 3 is 0.493 bits per heavy atom. The number of benzene rings is 8. The molecular weight excluding hydrogens is 909 g/mol. The van der Waals surface area contributed by atoms with Gasteiger partial charge in [0.15, 0.2) is 0 Å². The second kappa shape index (κ2) is 18.6. The fourth-order valence-electron chi connectivity index (χ4n) is 9.06. The molecule has 4 heterocycles. The van der Waals surface area contributed by atoms with Crippen LogP contribution in [0, 0.1) is 27.7 Å². The molecule has 0 aliphatic heterocycles. The van der Waals surface area contributed by atoms with Gasteiger partial charge in [-0.1, -0.05) is 119 Å². The predicted molar refractivity (Wildman–Crippen MR) is 279 cm³/mol. The summed E-state index contributed by atoms with van der Waals surface area (Å²) in [5.41, 5.74) is 14.0. The van der Waals surface area contributed by atoms with E-state index in [-0.39, 0.29) is 0 Å². The van der Waals surface area contributed by atoms with Gasteiger partial charge in [-0.2, -0.15) is 0 Å². The number of nitrogens with zero attached hydrogens (tertiary/aromatic N) is 8. The molecule has 0 saturated heterocycles. The van der Waals surface area contributed by atoms with Gasteiger partial charge in [0, 0.05) is 44.5 Å². The van der Waals surface area contributed by atoms with Crippen LogP contribution in [0.1, 0.15) is 44.5 Å². The first kappa shape index (κ1) is 44.5. The summed E-state index contributed by atoms with van der Waals surface area (Å²) in [6, 6.07) is 65.2. The van der Waals surface area contributed by atoms with Crippen molar-refractivity contribution in [2.24, 2.45) is 0 Å². The van der Waals surface area contributed by atoms with E-state index in [1.807, 2.05) is 173 Å². The van der Waals surface area contributed by atoms with E-state index in [1.54, 1.807) is 0 Å². The van der Waals surface area contributed by atoms with Gasteiger partial charge in [-0.05, 0) is 147 Å². The molecule has 12 nitrogen and oxygen atoms in total. The number of rotatable bonds is 12. The zero-order chi connectivity index (χ0) is 49.5. The first-order valence-electron chi connectivity index (χ1n) is 23.8. The molecule has 0 aliphatic carbocycles. The third kappa shape index (κ3) is 8.61. The SMILES string of the molecule is Cc1ccc(-c2nnc(-c3ccc(C(c4ccc(-c5nnc(-c6ccc(C)cc6)o5)cc4)(c4ccc(-c5nnc(-c6ccc(C)cc6)o5)cc4)c4ccc(-c5nnc(-c6ccc(C)cc6)o5)cc4)cc3)o2)cc1. The lowest BCUT2D eigenvalue weighted by Crippen LogP contribution is -2.31. The average molecular weight is 953 g/mol. The van der Waals surface area contributed by atoms with Gasteiger partial charge in [-0.25, -0.2) is 0 Å². The molecule has 0 atom stereocenters. The normalized spacial score (nSPS) is 11.6. The largest absolute Gasteiger partial charge is 0.416 e. The van der Waals surface area contributed by atoms with Gasteiger partial charge in [-0.3, -0.25) is 0 Å². The molecule has 12 heteroatoms. The molecule has 8 aromatic carbocycles. The Bertz CT molecular complexity index is 3320. The van der Waals surface area contributed by atoms with Crippen molar-refractivity contribution in [3.05, 3.63) is 239 Å². The molecule has 0 saturated carbocycles. The Labute approximate surface area is 420 Å². The molecule has 0 unspecified atom stereocenters. The van der Waals surface area contributed by atoms with Crippen LogP contribution in [0.4, 0.5) is 0 Å². The van der Waals surface area contributed by atoms with Gasteiger partial charge < -0.3 is 17.7 Å². The molecule has 0 amide bonds. The third-order valence-electron chi connectivity index (χ3n) is 13.2. The van der Waals surface area contributed by atoms with Crippen molar-refractivity contribution in [3.8, 4) is 91.6 Å². The fraction of sp³-hybridized carbons (Fsp3) is 0.0820. The molecule has 12 rings (SSSR count). The van der Waals surface area contributed by atoms with Crippen molar-refractivity contribution in [1.82, 2.24) is 40.8 Å². The highest BCUT2D eigenvalue weighted by atomic mass is 16.4. The molecule has 4 aromatic heterocycles. The highest BCUT2D eigenvalue weighted by molar-refractivity contribution is 5.69. The van der Waals surface area contributed by atoms with Crippen LogP contribution in [0.25, 0.3) is 91.6 Å². The van der Waals surface area contributed by atoms with E-state index < -0.39 is 5.41 Å². The lowest BCUT2D eigenvalue weighted by molar-refractivity contribution is 0.584. The van der Waals surface area contributed by atoms with Gasteiger partial charge in [0.1, 0.15) is 0 Å². The summed E-state index contributed by atoms with van der Waals surface area (Å²) in [6.45, 7) is 8.18. The molecule has 0 spiro atoms. The van der Waals surface area contributed by atoms with Gasteiger partial charge in [0.25, 0.3) is 0 Å². The van der Waals surface area contributed by atoms with Crippen molar-refractivity contribution < 1.29 is 17.7 Å². The Kier molecular flexibility index (Phi) is 11.3. The van der Waals surface area contributed by atoms with E-state index >= 15 is 0 Å². The second-order valence-corrected chi connectivity index (χ2v) is 18.2. The zero-order valence-electron chi connectivity index (χ0n) is 40.2. The third-order valence-corrected chi connectivity index (χ3v) is 13.2. The first-order valence-corrected chi connectivity index (χ1v) is 23.8. The molecule has 73 heavy (non-hydrogen) atoms. The average Bonchev–Trinajstić information content (AvgIpc) is 4.30. The van der Waals surface area contributed by atoms with Crippen molar-refractivity contribution in [3.63, 3.8) is 0 Å². The van der Waals surface area contributed by atoms with Crippen LogP contribution in [-0.4, -0.2) is 40.8 Å². The minimum atomic E-state index is -0.943. The fourth-order valence-corrected chi connectivity index (χ4v) is 9.06. The summed E-state index contributed by atoms with van der Waals surface area (Å²) in [6.07, 6.45) is 0. The highest BCUT2D eigenvalue weighted by Crippen LogP contribution is 2.47. The maximum atomic E-state index is 6.26. The van der Waals surface area contributed by atoms with Gasteiger partial charge in [0.2, 0.25) is 47.1 Å². The van der Waals surface area contributed by atoms with Crippen LogP contribution in [-0.2, 0) is 5.41 Å². The van der Waals surface area contributed by atoms with Crippen LogP contribution < -0.4 is 0 Å². The minimum Gasteiger partial charge on any atom is -0.416 e. The molecule has 0 fully saturated rings. The maximum Gasteiger partial charge on any atom is 0.248 e. The minimum absolute atomic E-state index is 0.407. The number of aryl methyl sites for hydroxylation is 4. The van der Waals surface area contributed by atoms with Crippen molar-refractivity contribution >= 4 is 0 Å². The van der Waals surface area contributed by atoms with Crippen molar-refractivity contribution in [2.75, 3.05) is 0 Å². The molecule has 0 radical (unpaired) electrons. The lowest BCUT2D eigenvalue weighted by Gasteiger charge is -2.37. The van der Waals surface area contributed by atoms with E-state index in [4.69, 9.17) is 17.7 Å². The van der Waals surface area contributed by atoms with Gasteiger partial charge in [-0.15, -0.1) is 40.8 Å². The Balaban J connectivity index is 0.988. The summed E-state index contributed by atoms with van der Waals surface area (Å²) < 4.78 is 25.1. The number of hydrogen-bond acceptors (Lipinski definition) is 12. The molecular formula is C61H44N8O4. The Morgan fingerprint density at radius 2 is 0.342 bits per heavy atom. The quantitative estimate of drug-likeness (QED) is 0.107. The van der Waals surface area contributed by atoms with E-state index in [9.17, 15) is 0 Å².